The molecule has 0 radical (unpaired) electrons. The first-order chi connectivity index (χ1) is 11.6. The fourth-order valence-electron chi connectivity index (χ4n) is 2.53. The SMILES string of the molecule is COc1cc(CCCc2ccc(O)c(=O)cc2)cc(OC)c1OC. The number of aryl methyl sites for hydroxylation is 2. The van der Waals surface area contributed by atoms with Crippen molar-refractivity contribution in [3.8, 4) is 23.0 Å². The highest BCUT2D eigenvalue weighted by atomic mass is 16.5. The predicted molar refractivity (Wildman–Crippen MR) is 92.5 cm³/mol. The van der Waals surface area contributed by atoms with Crippen LogP contribution in [0.25, 0.3) is 0 Å². The third-order valence-corrected chi connectivity index (χ3v) is 3.81. The van der Waals surface area contributed by atoms with Crippen molar-refractivity contribution in [2.45, 2.75) is 19.3 Å². The molecule has 2 aromatic carbocycles. The van der Waals surface area contributed by atoms with E-state index >= 15 is 0 Å². The van der Waals surface area contributed by atoms with Crippen LogP contribution in [-0.4, -0.2) is 26.4 Å². The van der Waals surface area contributed by atoms with E-state index in [4.69, 9.17) is 14.2 Å². The first-order valence-electron chi connectivity index (χ1n) is 7.70. The Morgan fingerprint density at radius 1 is 0.833 bits per heavy atom. The van der Waals surface area contributed by atoms with Crippen molar-refractivity contribution < 1.29 is 19.3 Å². The Labute approximate surface area is 141 Å². The van der Waals surface area contributed by atoms with Gasteiger partial charge in [-0.05, 0) is 54.7 Å². The van der Waals surface area contributed by atoms with Gasteiger partial charge in [0.2, 0.25) is 11.2 Å². The van der Waals surface area contributed by atoms with Gasteiger partial charge in [0, 0.05) is 0 Å². The third kappa shape index (κ3) is 4.19. The molecule has 24 heavy (non-hydrogen) atoms. The van der Waals surface area contributed by atoms with Crippen LogP contribution in [0.1, 0.15) is 17.5 Å². The second kappa shape index (κ2) is 8.24. The van der Waals surface area contributed by atoms with Crippen molar-refractivity contribution in [3.63, 3.8) is 0 Å². The van der Waals surface area contributed by atoms with Crippen LogP contribution in [0.3, 0.4) is 0 Å². The summed E-state index contributed by atoms with van der Waals surface area (Å²) in [7, 11) is 4.77. The monoisotopic (exact) mass is 330 g/mol. The maximum Gasteiger partial charge on any atom is 0.220 e. The summed E-state index contributed by atoms with van der Waals surface area (Å²) >= 11 is 0. The second-order valence-corrected chi connectivity index (χ2v) is 5.38. The zero-order valence-electron chi connectivity index (χ0n) is 14.2. The van der Waals surface area contributed by atoms with Gasteiger partial charge in [-0.2, -0.15) is 0 Å². The van der Waals surface area contributed by atoms with Crippen LogP contribution in [0.5, 0.6) is 23.0 Å². The van der Waals surface area contributed by atoms with E-state index in [-0.39, 0.29) is 11.2 Å². The van der Waals surface area contributed by atoms with Crippen molar-refractivity contribution >= 4 is 0 Å². The Balaban J connectivity index is 2.09. The number of benzene rings is 1. The summed E-state index contributed by atoms with van der Waals surface area (Å²) in [4.78, 5) is 11.4. The highest BCUT2D eigenvalue weighted by Gasteiger charge is 2.12. The first-order valence-corrected chi connectivity index (χ1v) is 7.70. The lowest BCUT2D eigenvalue weighted by Gasteiger charge is -2.14. The number of rotatable bonds is 7. The number of hydrogen-bond acceptors (Lipinski definition) is 5. The van der Waals surface area contributed by atoms with Crippen LogP contribution >= 0.6 is 0 Å². The second-order valence-electron chi connectivity index (χ2n) is 5.38. The molecule has 0 bridgehead atoms. The Kier molecular flexibility index (Phi) is 6.07. The molecule has 2 rings (SSSR count). The minimum atomic E-state index is -0.370. The molecular formula is C19H22O5. The van der Waals surface area contributed by atoms with Crippen LogP contribution in [0, 0.1) is 0 Å². The third-order valence-electron chi connectivity index (χ3n) is 3.81. The summed E-state index contributed by atoms with van der Waals surface area (Å²) < 4.78 is 16.0. The zero-order valence-corrected chi connectivity index (χ0v) is 14.2. The van der Waals surface area contributed by atoms with E-state index in [0.29, 0.717) is 17.2 Å². The van der Waals surface area contributed by atoms with Crippen molar-refractivity contribution in [2.24, 2.45) is 0 Å². The molecular weight excluding hydrogens is 308 g/mol. The van der Waals surface area contributed by atoms with E-state index in [1.807, 2.05) is 12.1 Å². The lowest BCUT2D eigenvalue weighted by molar-refractivity contribution is 0.323. The van der Waals surface area contributed by atoms with E-state index in [1.54, 1.807) is 33.5 Å². The van der Waals surface area contributed by atoms with Crippen LogP contribution in [-0.2, 0) is 12.8 Å². The van der Waals surface area contributed by atoms with Crippen molar-refractivity contribution in [1.29, 1.82) is 0 Å². The lowest BCUT2D eigenvalue weighted by Crippen LogP contribution is -1.98. The van der Waals surface area contributed by atoms with E-state index in [9.17, 15) is 9.90 Å². The van der Waals surface area contributed by atoms with Gasteiger partial charge >= 0.3 is 0 Å². The molecule has 128 valence electrons. The minimum absolute atomic E-state index is 0.231. The van der Waals surface area contributed by atoms with Gasteiger partial charge in [0.05, 0.1) is 21.3 Å². The molecule has 5 heteroatoms. The summed E-state index contributed by atoms with van der Waals surface area (Å²) in [6.45, 7) is 0. The topological polar surface area (TPSA) is 65.0 Å². The quantitative estimate of drug-likeness (QED) is 0.845. The fraction of sp³-hybridized carbons (Fsp3) is 0.316. The van der Waals surface area contributed by atoms with Gasteiger partial charge in [-0.1, -0.05) is 12.1 Å². The molecule has 0 aliphatic carbocycles. The average Bonchev–Trinajstić information content (AvgIpc) is 2.76. The number of aromatic hydroxyl groups is 1. The molecule has 0 fully saturated rings. The molecule has 0 unspecified atom stereocenters. The molecule has 0 aliphatic rings. The first kappa shape index (κ1) is 17.7. The van der Waals surface area contributed by atoms with E-state index < -0.39 is 0 Å². The van der Waals surface area contributed by atoms with Gasteiger partial charge < -0.3 is 19.3 Å². The molecule has 0 amide bonds. The van der Waals surface area contributed by atoms with Gasteiger partial charge in [0.15, 0.2) is 17.2 Å². The molecule has 5 nitrogen and oxygen atoms in total. The Hall–Kier alpha value is -2.69. The highest BCUT2D eigenvalue weighted by Crippen LogP contribution is 2.38. The normalized spacial score (nSPS) is 10.3. The molecule has 0 aromatic heterocycles. The molecule has 0 saturated carbocycles. The van der Waals surface area contributed by atoms with Crippen LogP contribution < -0.4 is 19.6 Å². The van der Waals surface area contributed by atoms with Crippen molar-refractivity contribution in [2.75, 3.05) is 21.3 Å². The van der Waals surface area contributed by atoms with Crippen LogP contribution in [0.2, 0.25) is 0 Å². The summed E-state index contributed by atoms with van der Waals surface area (Å²) in [5.74, 6) is 1.63. The Morgan fingerprint density at radius 2 is 1.42 bits per heavy atom. The molecule has 0 spiro atoms. The molecule has 2 aromatic rings. The highest BCUT2D eigenvalue weighted by molar-refractivity contribution is 5.53. The smallest absolute Gasteiger partial charge is 0.220 e. The van der Waals surface area contributed by atoms with Crippen LogP contribution in [0.15, 0.2) is 41.2 Å². The molecule has 0 heterocycles. The minimum Gasteiger partial charge on any atom is -0.504 e. The molecule has 1 N–H and O–H groups in total. The van der Waals surface area contributed by atoms with Crippen molar-refractivity contribution in [3.05, 3.63) is 57.7 Å². The lowest BCUT2D eigenvalue weighted by atomic mass is 10.0. The molecule has 0 saturated heterocycles. The summed E-state index contributed by atoms with van der Waals surface area (Å²) in [6, 6.07) is 10.2. The Bertz CT molecular complexity index is 730. The number of methoxy groups -OCH3 is 3. The van der Waals surface area contributed by atoms with Gasteiger partial charge in [-0.3, -0.25) is 4.79 Å². The number of hydrogen-bond donors (Lipinski definition) is 1. The largest absolute Gasteiger partial charge is 0.504 e. The summed E-state index contributed by atoms with van der Waals surface area (Å²) in [5.41, 5.74) is 1.71. The van der Waals surface area contributed by atoms with Gasteiger partial charge in [0.25, 0.3) is 0 Å². The Morgan fingerprint density at radius 3 is 2.00 bits per heavy atom. The molecule has 0 atom stereocenters. The fourth-order valence-corrected chi connectivity index (χ4v) is 2.53. The van der Waals surface area contributed by atoms with E-state index in [2.05, 4.69) is 0 Å². The maximum absolute atomic E-state index is 11.4. The summed E-state index contributed by atoms with van der Waals surface area (Å²) in [5, 5.41) is 9.42. The van der Waals surface area contributed by atoms with E-state index in [0.717, 1.165) is 30.4 Å². The van der Waals surface area contributed by atoms with Gasteiger partial charge in [0.1, 0.15) is 0 Å². The van der Waals surface area contributed by atoms with Crippen LogP contribution in [0.4, 0.5) is 0 Å². The number of ether oxygens (including phenoxy) is 3. The molecule has 0 aliphatic heterocycles. The average molecular weight is 330 g/mol. The summed E-state index contributed by atoms with van der Waals surface area (Å²) in [6.07, 6.45) is 2.51. The predicted octanol–water partition coefficient (Wildman–Crippen LogP) is 2.95. The van der Waals surface area contributed by atoms with Crippen molar-refractivity contribution in [1.82, 2.24) is 0 Å². The standard InChI is InChI=1S/C19H22O5/c1-22-17-11-14(12-18(23-2)19(17)24-3)6-4-5-13-7-9-15(20)16(21)10-8-13/h7-12H,4-6H2,1-3H3,(H,20,21). The maximum atomic E-state index is 11.4. The zero-order chi connectivity index (χ0) is 17.5. The van der Waals surface area contributed by atoms with E-state index in [1.165, 1.54) is 12.1 Å². The van der Waals surface area contributed by atoms with Gasteiger partial charge in [-0.25, -0.2) is 0 Å². The van der Waals surface area contributed by atoms with Gasteiger partial charge in [-0.15, -0.1) is 0 Å².